The maximum atomic E-state index is 13.3. The topological polar surface area (TPSA) is 61.4 Å². The molecule has 4 rings (SSSR count). The number of halogens is 3. The highest BCUT2D eigenvalue weighted by atomic mass is 19.4. The van der Waals surface area contributed by atoms with E-state index in [4.69, 9.17) is 0 Å². The van der Waals surface area contributed by atoms with Gasteiger partial charge in [-0.25, -0.2) is 4.79 Å². The number of hydrogen-bond acceptors (Lipinski definition) is 2. The number of aryl methyl sites for hydroxylation is 1. The molecule has 1 aliphatic carbocycles. The molecule has 2 N–H and O–H groups in total. The molecule has 3 amide bonds. The lowest BCUT2D eigenvalue weighted by molar-refractivity contribution is -0.137. The molecule has 0 aromatic heterocycles. The fourth-order valence-corrected chi connectivity index (χ4v) is 4.71. The standard InChI is InChI=1S/C29H30F3N3O2/c1-4-35(5-2)28(37)34-24-15-20-9-12-23(16-21(20)17-24)33-27(36)26-14-18(3)6-13-25(26)19-7-10-22(11-8-19)29(30,31)32/h6-14,16,24H,4-5,15,17H2,1-3H3,(H,33,36)(H,34,37). The molecular weight excluding hydrogens is 479 g/mol. The number of anilines is 1. The van der Waals surface area contributed by atoms with Gasteiger partial charge in [0, 0.05) is 30.4 Å². The molecular formula is C29H30F3N3O2. The van der Waals surface area contributed by atoms with Crippen LogP contribution in [0.3, 0.4) is 0 Å². The largest absolute Gasteiger partial charge is 0.416 e. The first-order chi connectivity index (χ1) is 17.6. The predicted octanol–water partition coefficient (Wildman–Crippen LogP) is 6.45. The van der Waals surface area contributed by atoms with Crippen molar-refractivity contribution in [2.75, 3.05) is 18.4 Å². The summed E-state index contributed by atoms with van der Waals surface area (Å²) in [5.74, 6) is -0.345. The average molecular weight is 510 g/mol. The van der Waals surface area contributed by atoms with Crippen LogP contribution in [0.25, 0.3) is 11.1 Å². The van der Waals surface area contributed by atoms with Crippen LogP contribution in [0.15, 0.2) is 60.7 Å². The van der Waals surface area contributed by atoms with E-state index in [1.807, 2.05) is 45.0 Å². The molecule has 0 bridgehead atoms. The molecule has 0 fully saturated rings. The van der Waals surface area contributed by atoms with Crippen LogP contribution in [0.4, 0.5) is 23.7 Å². The van der Waals surface area contributed by atoms with Crippen molar-refractivity contribution in [2.24, 2.45) is 0 Å². The maximum Gasteiger partial charge on any atom is 0.416 e. The molecule has 3 aromatic rings. The maximum absolute atomic E-state index is 13.3. The van der Waals surface area contributed by atoms with Crippen molar-refractivity contribution in [1.82, 2.24) is 10.2 Å². The quantitative estimate of drug-likeness (QED) is 0.401. The Labute approximate surface area is 214 Å². The van der Waals surface area contributed by atoms with Gasteiger partial charge in [0.05, 0.1) is 5.56 Å². The Morgan fingerprint density at radius 3 is 2.24 bits per heavy atom. The Hall–Kier alpha value is -3.81. The fourth-order valence-electron chi connectivity index (χ4n) is 4.71. The molecule has 0 saturated carbocycles. The number of carbonyl (C=O) groups is 2. The van der Waals surface area contributed by atoms with Crippen LogP contribution < -0.4 is 10.6 Å². The number of nitrogens with one attached hydrogen (secondary N) is 2. The Bertz CT molecular complexity index is 1300. The highest BCUT2D eigenvalue weighted by Gasteiger charge is 2.30. The van der Waals surface area contributed by atoms with Crippen LogP contribution in [0.5, 0.6) is 0 Å². The van der Waals surface area contributed by atoms with Gasteiger partial charge in [0.15, 0.2) is 0 Å². The summed E-state index contributed by atoms with van der Waals surface area (Å²) in [4.78, 5) is 27.5. The van der Waals surface area contributed by atoms with Crippen molar-refractivity contribution in [3.05, 3.63) is 88.5 Å². The molecule has 194 valence electrons. The van der Waals surface area contributed by atoms with Crippen LogP contribution in [0, 0.1) is 6.92 Å². The number of urea groups is 1. The Kier molecular flexibility index (Phi) is 7.57. The molecule has 0 saturated heterocycles. The summed E-state index contributed by atoms with van der Waals surface area (Å²) in [5, 5.41) is 6.03. The second kappa shape index (κ2) is 10.7. The van der Waals surface area contributed by atoms with E-state index in [0.29, 0.717) is 41.9 Å². The summed E-state index contributed by atoms with van der Waals surface area (Å²) in [6, 6.07) is 15.7. The number of fused-ring (bicyclic) bond motifs is 1. The molecule has 0 radical (unpaired) electrons. The van der Waals surface area contributed by atoms with Gasteiger partial charge in [-0.3, -0.25) is 4.79 Å². The second-order valence-electron chi connectivity index (χ2n) is 9.29. The van der Waals surface area contributed by atoms with Crippen LogP contribution in [0.1, 0.15) is 46.5 Å². The zero-order chi connectivity index (χ0) is 26.7. The first-order valence-corrected chi connectivity index (χ1v) is 12.4. The van der Waals surface area contributed by atoms with E-state index in [1.165, 1.54) is 12.1 Å². The molecule has 0 aliphatic heterocycles. The SMILES string of the molecule is CCN(CC)C(=O)NC1Cc2ccc(NC(=O)c3cc(C)ccc3-c3ccc(C(F)(F)F)cc3)cc2C1. The van der Waals surface area contributed by atoms with Crippen molar-refractivity contribution in [1.29, 1.82) is 0 Å². The number of nitrogens with zero attached hydrogens (tertiary/aromatic N) is 1. The van der Waals surface area contributed by atoms with Gasteiger partial charge in [0.25, 0.3) is 5.91 Å². The van der Waals surface area contributed by atoms with E-state index in [-0.39, 0.29) is 18.0 Å². The van der Waals surface area contributed by atoms with Crippen LogP contribution >= 0.6 is 0 Å². The number of alkyl halides is 3. The lowest BCUT2D eigenvalue weighted by Crippen LogP contribution is -2.45. The molecule has 1 atom stereocenters. The normalized spacial score (nSPS) is 14.7. The monoisotopic (exact) mass is 509 g/mol. The Morgan fingerprint density at radius 1 is 0.919 bits per heavy atom. The van der Waals surface area contributed by atoms with Crippen molar-refractivity contribution >= 4 is 17.6 Å². The third kappa shape index (κ3) is 5.96. The van der Waals surface area contributed by atoms with Crippen molar-refractivity contribution in [2.45, 2.75) is 45.8 Å². The summed E-state index contributed by atoms with van der Waals surface area (Å²) in [5.41, 5.74) is 4.40. The average Bonchev–Trinajstić information content (AvgIpc) is 3.25. The van der Waals surface area contributed by atoms with E-state index >= 15 is 0 Å². The van der Waals surface area contributed by atoms with Gasteiger partial charge >= 0.3 is 12.2 Å². The summed E-state index contributed by atoms with van der Waals surface area (Å²) >= 11 is 0. The van der Waals surface area contributed by atoms with E-state index < -0.39 is 11.7 Å². The molecule has 0 heterocycles. The molecule has 1 unspecified atom stereocenters. The molecule has 1 aliphatic rings. The predicted molar refractivity (Wildman–Crippen MR) is 139 cm³/mol. The van der Waals surface area contributed by atoms with Gasteiger partial charge in [-0.2, -0.15) is 13.2 Å². The van der Waals surface area contributed by atoms with Crippen molar-refractivity contribution < 1.29 is 22.8 Å². The van der Waals surface area contributed by atoms with E-state index in [9.17, 15) is 22.8 Å². The second-order valence-corrected chi connectivity index (χ2v) is 9.29. The molecule has 37 heavy (non-hydrogen) atoms. The van der Waals surface area contributed by atoms with Gasteiger partial charge in [-0.05, 0) is 86.2 Å². The van der Waals surface area contributed by atoms with Crippen LogP contribution in [-0.2, 0) is 19.0 Å². The van der Waals surface area contributed by atoms with Gasteiger partial charge in [0.2, 0.25) is 0 Å². The van der Waals surface area contributed by atoms with Gasteiger partial charge in [-0.1, -0.05) is 35.9 Å². The van der Waals surface area contributed by atoms with E-state index in [0.717, 1.165) is 35.2 Å². The Morgan fingerprint density at radius 2 is 1.59 bits per heavy atom. The van der Waals surface area contributed by atoms with Gasteiger partial charge in [0.1, 0.15) is 0 Å². The molecule has 3 aromatic carbocycles. The smallest absolute Gasteiger partial charge is 0.335 e. The number of benzene rings is 3. The highest BCUT2D eigenvalue weighted by molar-refractivity contribution is 6.09. The van der Waals surface area contributed by atoms with E-state index in [1.54, 1.807) is 17.0 Å². The molecule has 8 heteroatoms. The summed E-state index contributed by atoms with van der Waals surface area (Å²) in [6.07, 6.45) is -3.02. The minimum atomic E-state index is -4.42. The van der Waals surface area contributed by atoms with Crippen molar-refractivity contribution in [3.63, 3.8) is 0 Å². The lowest BCUT2D eigenvalue weighted by Gasteiger charge is -2.22. The number of amides is 3. The molecule has 5 nitrogen and oxygen atoms in total. The minimum Gasteiger partial charge on any atom is -0.335 e. The first-order valence-electron chi connectivity index (χ1n) is 12.4. The Balaban J connectivity index is 1.51. The van der Waals surface area contributed by atoms with E-state index in [2.05, 4.69) is 10.6 Å². The highest BCUT2D eigenvalue weighted by Crippen LogP contribution is 2.33. The first kappa shape index (κ1) is 26.3. The lowest BCUT2D eigenvalue weighted by atomic mass is 9.96. The van der Waals surface area contributed by atoms with Gasteiger partial charge < -0.3 is 15.5 Å². The number of carbonyl (C=O) groups excluding carboxylic acids is 2. The number of rotatable bonds is 6. The third-order valence-electron chi connectivity index (χ3n) is 6.72. The third-order valence-corrected chi connectivity index (χ3v) is 6.72. The fraction of sp³-hybridized carbons (Fsp3) is 0.310. The van der Waals surface area contributed by atoms with Crippen LogP contribution in [0.2, 0.25) is 0 Å². The van der Waals surface area contributed by atoms with Crippen molar-refractivity contribution in [3.8, 4) is 11.1 Å². The summed E-state index contributed by atoms with van der Waals surface area (Å²) in [6.45, 7) is 7.03. The van der Waals surface area contributed by atoms with Crippen LogP contribution in [-0.4, -0.2) is 36.0 Å². The minimum absolute atomic E-state index is 0.00269. The zero-order valence-electron chi connectivity index (χ0n) is 21.1. The van der Waals surface area contributed by atoms with Gasteiger partial charge in [-0.15, -0.1) is 0 Å². The zero-order valence-corrected chi connectivity index (χ0v) is 21.1. The summed E-state index contributed by atoms with van der Waals surface area (Å²) < 4.78 is 39.0. The number of hydrogen-bond donors (Lipinski definition) is 2. The summed E-state index contributed by atoms with van der Waals surface area (Å²) in [7, 11) is 0. The molecule has 0 spiro atoms.